The third-order valence-electron chi connectivity index (χ3n) is 2.59. The van der Waals surface area contributed by atoms with Gasteiger partial charge in [0, 0.05) is 19.2 Å². The molecule has 0 aliphatic carbocycles. The zero-order chi connectivity index (χ0) is 13.5. The average Bonchev–Trinajstić information content (AvgIpc) is 2.31. The first-order chi connectivity index (χ1) is 8.50. The first-order valence-corrected chi connectivity index (χ1v) is 7.02. The highest BCUT2D eigenvalue weighted by molar-refractivity contribution is 6.42. The standard InChI is InChI=1S/C14H21Cl2NO/c1-10(2)9-18-7-6-17-11(3)12-4-5-13(15)14(16)8-12/h4-5,8,10-11,17H,6-7,9H2,1-3H3. The molecule has 18 heavy (non-hydrogen) atoms. The van der Waals surface area contributed by atoms with E-state index >= 15 is 0 Å². The van der Waals surface area contributed by atoms with Crippen LogP contribution < -0.4 is 5.32 Å². The van der Waals surface area contributed by atoms with Crippen molar-refractivity contribution in [3.05, 3.63) is 33.8 Å². The van der Waals surface area contributed by atoms with Crippen LogP contribution in [0.4, 0.5) is 0 Å². The molecule has 1 N–H and O–H groups in total. The summed E-state index contributed by atoms with van der Waals surface area (Å²) in [5.41, 5.74) is 1.13. The second-order valence-electron chi connectivity index (χ2n) is 4.82. The predicted octanol–water partition coefficient (Wildman–Crippen LogP) is 4.32. The summed E-state index contributed by atoms with van der Waals surface area (Å²) in [4.78, 5) is 0. The molecule has 0 heterocycles. The Balaban J connectivity index is 2.31. The van der Waals surface area contributed by atoms with E-state index in [0.29, 0.717) is 16.0 Å². The quantitative estimate of drug-likeness (QED) is 0.755. The van der Waals surface area contributed by atoms with Gasteiger partial charge < -0.3 is 10.1 Å². The monoisotopic (exact) mass is 289 g/mol. The lowest BCUT2D eigenvalue weighted by Crippen LogP contribution is -2.23. The summed E-state index contributed by atoms with van der Waals surface area (Å²) in [6, 6.07) is 5.95. The van der Waals surface area contributed by atoms with Crippen LogP contribution in [0, 0.1) is 5.92 Å². The van der Waals surface area contributed by atoms with E-state index in [1.165, 1.54) is 0 Å². The van der Waals surface area contributed by atoms with Gasteiger partial charge in [0.05, 0.1) is 16.7 Å². The second kappa shape index (κ2) is 8.00. The topological polar surface area (TPSA) is 21.3 Å². The van der Waals surface area contributed by atoms with Crippen LogP contribution in [-0.4, -0.2) is 19.8 Å². The minimum Gasteiger partial charge on any atom is -0.380 e. The highest BCUT2D eigenvalue weighted by Crippen LogP contribution is 2.25. The van der Waals surface area contributed by atoms with E-state index in [0.717, 1.165) is 25.3 Å². The Morgan fingerprint density at radius 1 is 1.17 bits per heavy atom. The highest BCUT2D eigenvalue weighted by atomic mass is 35.5. The van der Waals surface area contributed by atoms with Crippen molar-refractivity contribution in [2.45, 2.75) is 26.8 Å². The summed E-state index contributed by atoms with van der Waals surface area (Å²) in [7, 11) is 0. The Bertz CT molecular complexity index is 369. The van der Waals surface area contributed by atoms with E-state index in [-0.39, 0.29) is 6.04 Å². The molecule has 0 aliphatic heterocycles. The first-order valence-electron chi connectivity index (χ1n) is 6.26. The van der Waals surface area contributed by atoms with E-state index < -0.39 is 0 Å². The van der Waals surface area contributed by atoms with Gasteiger partial charge in [0.25, 0.3) is 0 Å². The third kappa shape index (κ3) is 5.57. The molecule has 1 atom stereocenters. The Morgan fingerprint density at radius 3 is 2.50 bits per heavy atom. The maximum Gasteiger partial charge on any atom is 0.0595 e. The number of hydrogen-bond acceptors (Lipinski definition) is 2. The molecule has 102 valence electrons. The predicted molar refractivity (Wildman–Crippen MR) is 78.5 cm³/mol. The van der Waals surface area contributed by atoms with Gasteiger partial charge >= 0.3 is 0 Å². The molecular formula is C14H21Cl2NO. The number of ether oxygens (including phenoxy) is 1. The third-order valence-corrected chi connectivity index (χ3v) is 3.33. The summed E-state index contributed by atoms with van der Waals surface area (Å²) in [5.74, 6) is 0.581. The smallest absolute Gasteiger partial charge is 0.0595 e. The molecule has 1 unspecified atom stereocenters. The molecule has 0 bridgehead atoms. The van der Waals surface area contributed by atoms with E-state index in [9.17, 15) is 0 Å². The van der Waals surface area contributed by atoms with Crippen LogP contribution in [0.1, 0.15) is 32.4 Å². The molecule has 1 aromatic carbocycles. The SMILES string of the molecule is CC(C)COCCNC(C)c1ccc(Cl)c(Cl)c1. The largest absolute Gasteiger partial charge is 0.380 e. The fourth-order valence-corrected chi connectivity index (χ4v) is 1.87. The van der Waals surface area contributed by atoms with Crippen molar-refractivity contribution in [1.29, 1.82) is 0 Å². The van der Waals surface area contributed by atoms with Crippen molar-refractivity contribution >= 4 is 23.2 Å². The fourth-order valence-electron chi connectivity index (χ4n) is 1.57. The van der Waals surface area contributed by atoms with Gasteiger partial charge in [0.2, 0.25) is 0 Å². The minimum atomic E-state index is 0.238. The molecule has 1 rings (SSSR count). The molecule has 0 saturated heterocycles. The van der Waals surface area contributed by atoms with Crippen LogP contribution in [0.2, 0.25) is 10.0 Å². The fraction of sp³-hybridized carbons (Fsp3) is 0.571. The maximum absolute atomic E-state index is 5.99. The molecule has 0 saturated carbocycles. The molecular weight excluding hydrogens is 269 g/mol. The Morgan fingerprint density at radius 2 is 1.89 bits per heavy atom. The molecule has 0 spiro atoms. The molecule has 0 fully saturated rings. The van der Waals surface area contributed by atoms with Gasteiger partial charge in [0.15, 0.2) is 0 Å². The van der Waals surface area contributed by atoms with Crippen LogP contribution in [0.3, 0.4) is 0 Å². The van der Waals surface area contributed by atoms with Gasteiger partial charge in [-0.1, -0.05) is 43.1 Å². The summed E-state index contributed by atoms with van der Waals surface area (Å²) >= 11 is 11.9. The van der Waals surface area contributed by atoms with Gasteiger partial charge in [-0.25, -0.2) is 0 Å². The number of rotatable bonds is 7. The molecule has 0 aromatic heterocycles. The van der Waals surface area contributed by atoms with Crippen molar-refractivity contribution in [3.63, 3.8) is 0 Å². The van der Waals surface area contributed by atoms with Gasteiger partial charge in [-0.15, -0.1) is 0 Å². The summed E-state index contributed by atoms with van der Waals surface area (Å²) < 4.78 is 5.51. The first kappa shape index (κ1) is 15.8. The lowest BCUT2D eigenvalue weighted by atomic mass is 10.1. The van der Waals surface area contributed by atoms with Gasteiger partial charge in [-0.05, 0) is 30.5 Å². The summed E-state index contributed by atoms with van der Waals surface area (Å²) in [6.45, 7) is 8.75. The lowest BCUT2D eigenvalue weighted by Gasteiger charge is -2.15. The highest BCUT2D eigenvalue weighted by Gasteiger charge is 2.06. The number of hydrogen-bond donors (Lipinski definition) is 1. The van der Waals surface area contributed by atoms with Crippen LogP contribution in [-0.2, 0) is 4.74 Å². The lowest BCUT2D eigenvalue weighted by molar-refractivity contribution is 0.110. The average molecular weight is 290 g/mol. The summed E-state index contributed by atoms with van der Waals surface area (Å²) in [5, 5.41) is 4.58. The van der Waals surface area contributed by atoms with Gasteiger partial charge in [-0.2, -0.15) is 0 Å². The van der Waals surface area contributed by atoms with Crippen LogP contribution >= 0.6 is 23.2 Å². The minimum absolute atomic E-state index is 0.238. The number of benzene rings is 1. The Kier molecular flexibility index (Phi) is 7.02. The number of nitrogens with one attached hydrogen (secondary N) is 1. The van der Waals surface area contributed by atoms with E-state index in [4.69, 9.17) is 27.9 Å². The van der Waals surface area contributed by atoms with Crippen molar-refractivity contribution < 1.29 is 4.74 Å². The normalized spacial score (nSPS) is 13.0. The van der Waals surface area contributed by atoms with E-state index in [1.54, 1.807) is 0 Å². The van der Waals surface area contributed by atoms with Gasteiger partial charge in [0.1, 0.15) is 0 Å². The Hall–Kier alpha value is -0.280. The maximum atomic E-state index is 5.99. The van der Waals surface area contributed by atoms with Crippen molar-refractivity contribution in [1.82, 2.24) is 5.32 Å². The molecule has 0 amide bonds. The van der Waals surface area contributed by atoms with Crippen LogP contribution in [0.25, 0.3) is 0 Å². The van der Waals surface area contributed by atoms with Crippen LogP contribution in [0.15, 0.2) is 18.2 Å². The second-order valence-corrected chi connectivity index (χ2v) is 5.63. The van der Waals surface area contributed by atoms with Gasteiger partial charge in [-0.3, -0.25) is 0 Å². The summed E-state index contributed by atoms with van der Waals surface area (Å²) in [6.07, 6.45) is 0. The molecule has 4 heteroatoms. The molecule has 0 aliphatic rings. The van der Waals surface area contributed by atoms with E-state index in [1.807, 2.05) is 18.2 Å². The van der Waals surface area contributed by atoms with Crippen LogP contribution in [0.5, 0.6) is 0 Å². The van der Waals surface area contributed by atoms with Crippen molar-refractivity contribution in [3.8, 4) is 0 Å². The molecule has 1 aromatic rings. The Labute approximate surface area is 120 Å². The molecule has 2 nitrogen and oxygen atoms in total. The van der Waals surface area contributed by atoms with E-state index in [2.05, 4.69) is 26.1 Å². The zero-order valence-corrected chi connectivity index (χ0v) is 12.7. The van der Waals surface area contributed by atoms with Crippen molar-refractivity contribution in [2.24, 2.45) is 5.92 Å². The zero-order valence-electron chi connectivity index (χ0n) is 11.2. The number of halogens is 2. The van der Waals surface area contributed by atoms with Crippen molar-refractivity contribution in [2.75, 3.05) is 19.8 Å². The molecule has 0 radical (unpaired) electrons.